The molecule has 0 unspecified atom stereocenters. The second-order valence-corrected chi connectivity index (χ2v) is 6.24. The molecule has 6 nitrogen and oxygen atoms in total. The first-order chi connectivity index (χ1) is 10.1. The Balaban J connectivity index is 1.73. The predicted molar refractivity (Wildman–Crippen MR) is 74.2 cm³/mol. The van der Waals surface area contributed by atoms with E-state index in [9.17, 15) is 14.4 Å². The largest absolute Gasteiger partial charge is 0.458 e. The molecule has 1 spiro atoms. The van der Waals surface area contributed by atoms with E-state index in [1.165, 1.54) is 0 Å². The number of amides is 2. The molecule has 116 valence electrons. The van der Waals surface area contributed by atoms with E-state index in [1.54, 1.807) is 9.80 Å². The van der Waals surface area contributed by atoms with Gasteiger partial charge in [-0.05, 0) is 32.6 Å². The van der Waals surface area contributed by atoms with Crippen molar-refractivity contribution in [1.82, 2.24) is 9.80 Å². The van der Waals surface area contributed by atoms with Gasteiger partial charge in [-0.25, -0.2) is 0 Å². The molecule has 2 saturated heterocycles. The Bertz CT molecular complexity index is 470. The second kappa shape index (κ2) is 5.31. The van der Waals surface area contributed by atoms with Gasteiger partial charge >= 0.3 is 5.97 Å². The fourth-order valence-electron chi connectivity index (χ4n) is 3.88. The molecule has 1 aliphatic carbocycles. The number of piperazine rings is 1. The molecule has 3 fully saturated rings. The van der Waals surface area contributed by atoms with Gasteiger partial charge < -0.3 is 14.5 Å². The van der Waals surface area contributed by atoms with E-state index in [0.717, 1.165) is 25.7 Å². The van der Waals surface area contributed by atoms with Gasteiger partial charge in [-0.15, -0.1) is 0 Å². The van der Waals surface area contributed by atoms with E-state index in [2.05, 4.69) is 0 Å². The van der Waals surface area contributed by atoms with Crippen molar-refractivity contribution in [3.8, 4) is 0 Å². The maximum Gasteiger partial charge on any atom is 0.307 e. The number of carbonyl (C=O) groups excluding carboxylic acids is 3. The summed E-state index contributed by atoms with van der Waals surface area (Å²) in [4.78, 5) is 39.8. The van der Waals surface area contributed by atoms with Crippen LogP contribution in [0.25, 0.3) is 0 Å². The molecule has 0 radical (unpaired) electrons. The number of rotatable bonds is 2. The lowest BCUT2D eigenvalue weighted by Gasteiger charge is -2.37. The topological polar surface area (TPSA) is 66.9 Å². The first-order valence-electron chi connectivity index (χ1n) is 7.84. The van der Waals surface area contributed by atoms with E-state index in [0.29, 0.717) is 19.6 Å². The van der Waals surface area contributed by atoms with Gasteiger partial charge in [0, 0.05) is 19.6 Å². The summed E-state index contributed by atoms with van der Waals surface area (Å²) in [6, 6.07) is 0. The molecule has 0 bridgehead atoms. The number of hydrogen-bond acceptors (Lipinski definition) is 4. The fourth-order valence-corrected chi connectivity index (χ4v) is 3.88. The Labute approximate surface area is 124 Å². The van der Waals surface area contributed by atoms with Crippen molar-refractivity contribution in [2.75, 3.05) is 26.2 Å². The maximum atomic E-state index is 12.8. The molecular formula is C15H22N2O4. The van der Waals surface area contributed by atoms with Crippen LogP contribution in [-0.4, -0.2) is 59.4 Å². The molecule has 1 saturated carbocycles. The van der Waals surface area contributed by atoms with Crippen LogP contribution < -0.4 is 0 Å². The highest BCUT2D eigenvalue weighted by molar-refractivity contribution is 5.91. The lowest BCUT2D eigenvalue weighted by Crippen LogP contribution is -2.55. The Morgan fingerprint density at radius 1 is 1.29 bits per heavy atom. The van der Waals surface area contributed by atoms with Crippen molar-refractivity contribution >= 4 is 17.8 Å². The quantitative estimate of drug-likeness (QED) is 0.698. The van der Waals surface area contributed by atoms with Gasteiger partial charge in [0.2, 0.25) is 11.8 Å². The van der Waals surface area contributed by atoms with Crippen LogP contribution in [0.1, 0.15) is 39.0 Å². The minimum absolute atomic E-state index is 0.0113. The average molecular weight is 294 g/mol. The van der Waals surface area contributed by atoms with E-state index < -0.39 is 11.5 Å². The molecule has 0 aromatic heterocycles. The molecule has 21 heavy (non-hydrogen) atoms. The average Bonchev–Trinajstić information content (AvgIpc) is 3.05. The summed E-state index contributed by atoms with van der Waals surface area (Å²) in [7, 11) is 0. The molecular weight excluding hydrogens is 272 g/mol. The van der Waals surface area contributed by atoms with Crippen molar-refractivity contribution in [3.63, 3.8) is 0 Å². The van der Waals surface area contributed by atoms with E-state index >= 15 is 0 Å². The Hall–Kier alpha value is -1.59. The van der Waals surface area contributed by atoms with Crippen molar-refractivity contribution in [2.45, 2.75) is 44.6 Å². The number of ether oxygens (including phenoxy) is 1. The van der Waals surface area contributed by atoms with E-state index in [-0.39, 0.29) is 30.7 Å². The highest BCUT2D eigenvalue weighted by Gasteiger charge is 2.55. The first kappa shape index (κ1) is 14.4. The number of esters is 1. The molecule has 3 rings (SSSR count). The first-order valence-corrected chi connectivity index (χ1v) is 7.84. The van der Waals surface area contributed by atoms with Gasteiger partial charge in [0.1, 0.15) is 5.60 Å². The van der Waals surface area contributed by atoms with Crippen LogP contribution in [0.4, 0.5) is 0 Å². The summed E-state index contributed by atoms with van der Waals surface area (Å²) in [6.45, 7) is 3.88. The molecule has 0 N–H and O–H groups in total. The van der Waals surface area contributed by atoms with Gasteiger partial charge in [0.15, 0.2) is 0 Å². The number of nitrogens with zero attached hydrogens (tertiary/aromatic N) is 2. The van der Waals surface area contributed by atoms with Crippen molar-refractivity contribution in [2.24, 2.45) is 5.92 Å². The van der Waals surface area contributed by atoms with Gasteiger partial charge in [-0.1, -0.05) is 0 Å². The highest BCUT2D eigenvalue weighted by Crippen LogP contribution is 2.46. The Morgan fingerprint density at radius 2 is 2.00 bits per heavy atom. The summed E-state index contributed by atoms with van der Waals surface area (Å²) >= 11 is 0. The third-order valence-corrected chi connectivity index (χ3v) is 5.08. The molecule has 0 aromatic carbocycles. The van der Waals surface area contributed by atoms with Crippen LogP contribution in [0, 0.1) is 5.92 Å². The molecule has 3 aliphatic rings. The normalized spacial score (nSPS) is 28.3. The van der Waals surface area contributed by atoms with Crippen LogP contribution >= 0.6 is 0 Å². The molecule has 2 aliphatic heterocycles. The van der Waals surface area contributed by atoms with E-state index in [4.69, 9.17) is 4.74 Å². The van der Waals surface area contributed by atoms with Gasteiger partial charge in [-0.2, -0.15) is 0 Å². The molecule has 2 heterocycles. The number of likely N-dealkylation sites (N-methyl/N-ethyl adjacent to an activating group) is 1. The molecule has 6 heteroatoms. The second-order valence-electron chi connectivity index (χ2n) is 6.24. The molecule has 1 atom stereocenters. The lowest BCUT2D eigenvalue weighted by molar-refractivity contribution is -0.155. The summed E-state index contributed by atoms with van der Waals surface area (Å²) in [5.41, 5.74) is -0.584. The Kier molecular flexibility index (Phi) is 3.63. The zero-order valence-electron chi connectivity index (χ0n) is 12.5. The standard InChI is InChI=1S/C15H22N2O4/c1-2-16-7-8-17(10-12(16)18)14(20)11-9-13(19)21-15(11)5-3-4-6-15/h11H,2-10H2,1H3/t11-/m1/s1. The van der Waals surface area contributed by atoms with Gasteiger partial charge in [0.05, 0.1) is 18.9 Å². The summed E-state index contributed by atoms with van der Waals surface area (Å²) in [5.74, 6) is -0.753. The summed E-state index contributed by atoms with van der Waals surface area (Å²) in [6.07, 6.45) is 3.72. The predicted octanol–water partition coefficient (Wildman–Crippen LogP) is 0.553. The van der Waals surface area contributed by atoms with Crippen LogP contribution in [-0.2, 0) is 19.1 Å². The molecule has 0 aromatic rings. The zero-order valence-corrected chi connectivity index (χ0v) is 12.5. The SMILES string of the molecule is CCN1CCN(C(=O)[C@H]2CC(=O)OC23CCCC3)CC1=O. The maximum absolute atomic E-state index is 12.8. The van der Waals surface area contributed by atoms with Crippen molar-refractivity contribution in [1.29, 1.82) is 0 Å². The third kappa shape index (κ3) is 2.40. The minimum Gasteiger partial charge on any atom is -0.458 e. The van der Waals surface area contributed by atoms with Gasteiger partial charge in [0.25, 0.3) is 0 Å². The van der Waals surface area contributed by atoms with Crippen molar-refractivity contribution < 1.29 is 19.1 Å². The number of carbonyl (C=O) groups is 3. The summed E-state index contributed by atoms with van der Waals surface area (Å²) < 4.78 is 5.52. The summed E-state index contributed by atoms with van der Waals surface area (Å²) in [5, 5.41) is 0. The zero-order chi connectivity index (χ0) is 15.0. The number of hydrogen-bond donors (Lipinski definition) is 0. The third-order valence-electron chi connectivity index (χ3n) is 5.08. The minimum atomic E-state index is -0.584. The van der Waals surface area contributed by atoms with Crippen LogP contribution in [0.3, 0.4) is 0 Å². The van der Waals surface area contributed by atoms with E-state index in [1.807, 2.05) is 6.92 Å². The Morgan fingerprint density at radius 3 is 2.62 bits per heavy atom. The van der Waals surface area contributed by atoms with Gasteiger partial charge in [-0.3, -0.25) is 14.4 Å². The van der Waals surface area contributed by atoms with Crippen LogP contribution in [0.15, 0.2) is 0 Å². The molecule has 2 amide bonds. The van der Waals surface area contributed by atoms with Crippen LogP contribution in [0.5, 0.6) is 0 Å². The van der Waals surface area contributed by atoms with Crippen LogP contribution in [0.2, 0.25) is 0 Å². The fraction of sp³-hybridized carbons (Fsp3) is 0.800. The van der Waals surface area contributed by atoms with Crippen molar-refractivity contribution in [3.05, 3.63) is 0 Å². The monoisotopic (exact) mass is 294 g/mol. The lowest BCUT2D eigenvalue weighted by atomic mass is 9.84. The smallest absolute Gasteiger partial charge is 0.307 e. The highest BCUT2D eigenvalue weighted by atomic mass is 16.6.